The van der Waals surface area contributed by atoms with Gasteiger partial charge in [-0.15, -0.1) is 0 Å². The van der Waals surface area contributed by atoms with E-state index < -0.39 is 125 Å². The quantitative estimate of drug-likeness (QED) is 0.0874. The highest BCUT2D eigenvalue weighted by molar-refractivity contribution is 5.95. The van der Waals surface area contributed by atoms with Crippen LogP contribution in [-0.2, 0) is 52.3 Å². The molecule has 2 heterocycles. The maximum absolute atomic E-state index is 15.6. The van der Waals surface area contributed by atoms with Crippen LogP contribution in [-0.4, -0.2) is 129 Å². The van der Waals surface area contributed by atoms with Crippen molar-refractivity contribution >= 4 is 30.0 Å². The molecule has 2 saturated heterocycles. The standard InChI is InChI=1S/C44H61NO17/c1-20(2)17-25(45-38(53)61-40(6,7)8)29(49)37(52)57-30-21(3)28-31(56-22(4)46)33(50)42(11)26(48)18-27-43(19-55-27,60-23(5)47)32(42)35(58-36(51)24-15-13-12-14-16-24)44(41(28,9)10)34(30)59-39(54)62-44/h12-16,20,23,25-27,29-32,34-36,47-49,51H,17-19H2,1-11H3,(H,45,53)/t23?,25-,26?,27?,29?,30?,31-,32?,34?,35?,36?,42-,43?,44?/m1/s1. The van der Waals surface area contributed by atoms with Crippen molar-refractivity contribution in [2.24, 2.45) is 22.7 Å². The molecule has 11 unspecified atom stereocenters. The average Bonchev–Trinajstić information content (AvgIpc) is 3.52. The SMILES string of the molecule is CC(=O)O[C@H]1C(=O)[C@]2(C)C(O)CC3OCC3(OC(C)O)C2C(OC(O)c2ccccc2)C23OC(=O)OC2C(OC(=O)C(O)[C@@H](CC(C)C)NC(=O)OC(C)(C)C)C(C)=C1C3(C)C. The molecule has 18 heteroatoms. The molecule has 0 radical (unpaired) electrons. The Morgan fingerprint density at radius 3 is 2.19 bits per heavy atom. The monoisotopic (exact) mass is 875 g/mol. The molecule has 344 valence electrons. The van der Waals surface area contributed by atoms with Crippen molar-refractivity contribution in [1.82, 2.24) is 5.32 Å². The van der Waals surface area contributed by atoms with Crippen molar-refractivity contribution in [2.75, 3.05) is 6.61 Å². The molecule has 2 saturated carbocycles. The molecule has 5 N–H and O–H groups in total. The molecule has 1 aromatic carbocycles. The third-order valence-electron chi connectivity index (χ3n) is 13.1. The second-order valence-electron chi connectivity index (χ2n) is 19.2. The number of ether oxygens (including phenoxy) is 8. The highest BCUT2D eigenvalue weighted by Crippen LogP contribution is 2.67. The number of carbonyl (C=O) groups is 5. The van der Waals surface area contributed by atoms with E-state index in [0.717, 1.165) is 6.92 Å². The van der Waals surface area contributed by atoms with Crippen molar-refractivity contribution in [3.05, 3.63) is 47.0 Å². The van der Waals surface area contributed by atoms with Crippen molar-refractivity contribution in [3.8, 4) is 0 Å². The number of esters is 2. The minimum atomic E-state index is -2.27. The molecule has 3 aliphatic carbocycles. The number of nitrogens with one attached hydrogen (secondary N) is 1. The van der Waals surface area contributed by atoms with E-state index in [1.807, 2.05) is 13.8 Å². The van der Waals surface area contributed by atoms with Crippen LogP contribution in [0, 0.1) is 22.7 Å². The molecule has 0 aromatic heterocycles. The molecule has 1 aromatic rings. The van der Waals surface area contributed by atoms with Gasteiger partial charge in [-0.2, -0.15) is 0 Å². The van der Waals surface area contributed by atoms with E-state index in [2.05, 4.69) is 5.32 Å². The van der Waals surface area contributed by atoms with Crippen LogP contribution in [0.1, 0.15) is 101 Å². The molecule has 2 bridgehead atoms. The highest BCUT2D eigenvalue weighted by atomic mass is 16.8. The molecule has 1 amide bonds. The predicted molar refractivity (Wildman–Crippen MR) is 213 cm³/mol. The Kier molecular flexibility index (Phi) is 12.8. The Morgan fingerprint density at radius 2 is 1.65 bits per heavy atom. The molecule has 1 spiro atoms. The van der Waals surface area contributed by atoms with Crippen molar-refractivity contribution in [3.63, 3.8) is 0 Å². The number of hydrogen-bond donors (Lipinski definition) is 5. The summed E-state index contributed by atoms with van der Waals surface area (Å²) in [6.07, 6.45) is -17.2. The first-order valence-corrected chi connectivity index (χ1v) is 21.0. The molecular weight excluding hydrogens is 814 g/mol. The van der Waals surface area contributed by atoms with Crippen LogP contribution in [0.5, 0.6) is 0 Å². The fourth-order valence-corrected chi connectivity index (χ4v) is 10.5. The molecule has 14 atom stereocenters. The third-order valence-corrected chi connectivity index (χ3v) is 13.1. The minimum absolute atomic E-state index is 0.00250. The zero-order valence-electron chi connectivity index (χ0n) is 37.0. The number of amides is 1. The van der Waals surface area contributed by atoms with Crippen LogP contribution in [0.4, 0.5) is 9.59 Å². The van der Waals surface area contributed by atoms with E-state index in [-0.39, 0.29) is 42.1 Å². The van der Waals surface area contributed by atoms with E-state index in [0.29, 0.717) is 0 Å². The van der Waals surface area contributed by atoms with Crippen LogP contribution in [0.15, 0.2) is 41.5 Å². The van der Waals surface area contributed by atoms with Crippen molar-refractivity contribution < 1.29 is 82.3 Å². The number of Topliss-reactive ketones (excluding diaryl/α,β-unsaturated/α-hetero) is 1. The lowest BCUT2D eigenvalue weighted by Gasteiger charge is -2.68. The van der Waals surface area contributed by atoms with E-state index in [4.69, 9.17) is 37.9 Å². The number of hydrogen-bond acceptors (Lipinski definition) is 17. The van der Waals surface area contributed by atoms with Crippen LogP contribution in [0.3, 0.4) is 0 Å². The van der Waals surface area contributed by atoms with Crippen molar-refractivity contribution in [1.29, 1.82) is 0 Å². The lowest BCUT2D eigenvalue weighted by atomic mass is 9.44. The van der Waals surface area contributed by atoms with E-state index in [1.54, 1.807) is 65.0 Å². The van der Waals surface area contributed by atoms with Gasteiger partial charge in [0.2, 0.25) is 0 Å². The van der Waals surface area contributed by atoms with E-state index in [1.165, 1.54) is 20.8 Å². The Hall–Kier alpha value is -4.17. The summed E-state index contributed by atoms with van der Waals surface area (Å²) in [7, 11) is 0. The number of benzene rings is 1. The van der Waals surface area contributed by atoms with Gasteiger partial charge in [-0.1, -0.05) is 58.0 Å². The van der Waals surface area contributed by atoms with E-state index in [9.17, 15) is 39.6 Å². The summed E-state index contributed by atoms with van der Waals surface area (Å²) in [6, 6.07) is 6.91. The summed E-state index contributed by atoms with van der Waals surface area (Å²) in [4.78, 5) is 69.9. The van der Waals surface area contributed by atoms with Gasteiger partial charge in [0.15, 0.2) is 48.4 Å². The van der Waals surface area contributed by atoms with Gasteiger partial charge in [0.25, 0.3) is 0 Å². The van der Waals surface area contributed by atoms with E-state index >= 15 is 4.79 Å². The Morgan fingerprint density at radius 1 is 1.00 bits per heavy atom. The zero-order chi connectivity index (χ0) is 46.1. The van der Waals surface area contributed by atoms with Gasteiger partial charge >= 0.3 is 24.2 Å². The summed E-state index contributed by atoms with van der Waals surface area (Å²) in [5, 5.41) is 49.3. The topological polar surface area (TPSA) is 252 Å². The smallest absolute Gasteiger partial charge is 0.452 e. The van der Waals surface area contributed by atoms with Crippen LogP contribution in [0.25, 0.3) is 0 Å². The number of aliphatic hydroxyl groups is 4. The number of aliphatic hydroxyl groups excluding tert-OH is 4. The average molecular weight is 876 g/mol. The molecule has 6 rings (SSSR count). The largest absolute Gasteiger partial charge is 0.509 e. The number of alkyl carbamates (subject to hydrolysis) is 1. The minimum Gasteiger partial charge on any atom is -0.452 e. The zero-order valence-corrected chi connectivity index (χ0v) is 37.0. The predicted octanol–water partition coefficient (Wildman–Crippen LogP) is 3.30. The fourth-order valence-electron chi connectivity index (χ4n) is 10.5. The summed E-state index contributed by atoms with van der Waals surface area (Å²) < 4.78 is 48.8. The van der Waals surface area contributed by atoms with Crippen molar-refractivity contribution in [2.45, 2.75) is 167 Å². The Bertz CT molecular complexity index is 1940. The lowest BCUT2D eigenvalue weighted by Crippen LogP contribution is -2.83. The Labute approximate surface area is 360 Å². The van der Waals surface area contributed by atoms with Gasteiger partial charge in [-0.25, -0.2) is 14.4 Å². The van der Waals surface area contributed by atoms with Crippen LogP contribution < -0.4 is 5.32 Å². The molecule has 5 aliphatic rings. The first-order chi connectivity index (χ1) is 28.7. The van der Waals surface area contributed by atoms with Gasteiger partial charge in [-0.05, 0) is 65.0 Å². The van der Waals surface area contributed by atoms with Crippen LogP contribution in [0.2, 0.25) is 0 Å². The number of fused-ring (bicyclic) bond motifs is 4. The fraction of sp³-hybridized carbons (Fsp3) is 0.705. The summed E-state index contributed by atoms with van der Waals surface area (Å²) in [6.45, 7) is 16.8. The second kappa shape index (κ2) is 16.8. The first kappa shape index (κ1) is 47.3. The normalized spacial score (nSPS) is 35.5. The molecule has 62 heavy (non-hydrogen) atoms. The van der Waals surface area contributed by atoms with Gasteiger partial charge in [0, 0.05) is 30.2 Å². The summed E-state index contributed by atoms with van der Waals surface area (Å²) in [5.41, 5.74) is -8.30. The third kappa shape index (κ3) is 7.89. The highest BCUT2D eigenvalue weighted by Gasteiger charge is 2.82. The molecule has 2 aliphatic heterocycles. The Balaban J connectivity index is 1.60. The number of ketones is 1. The molecular formula is C44H61NO17. The first-order valence-electron chi connectivity index (χ1n) is 21.0. The maximum Gasteiger partial charge on any atom is 0.509 e. The number of rotatable bonds is 12. The number of carbonyl (C=O) groups excluding carboxylic acids is 5. The maximum atomic E-state index is 15.6. The summed E-state index contributed by atoms with van der Waals surface area (Å²) in [5.74, 6) is -4.68. The van der Waals surface area contributed by atoms with Gasteiger partial charge in [0.1, 0.15) is 17.3 Å². The van der Waals surface area contributed by atoms with Gasteiger partial charge < -0.3 is 63.6 Å². The van der Waals surface area contributed by atoms with Gasteiger partial charge in [-0.3, -0.25) is 9.59 Å². The summed E-state index contributed by atoms with van der Waals surface area (Å²) >= 11 is 0. The second-order valence-corrected chi connectivity index (χ2v) is 19.2. The lowest BCUT2D eigenvalue weighted by molar-refractivity contribution is -0.390. The molecule has 4 fully saturated rings. The molecule has 18 nitrogen and oxygen atoms in total. The van der Waals surface area contributed by atoms with Gasteiger partial charge in [0.05, 0.1) is 30.3 Å². The van der Waals surface area contributed by atoms with Crippen LogP contribution >= 0.6 is 0 Å².